The molecule has 1 aliphatic heterocycles. The number of benzene rings is 1. The molecule has 1 aliphatic rings. The van der Waals surface area contributed by atoms with E-state index in [1.807, 2.05) is 25.1 Å². The number of likely N-dealkylation sites (tertiary alicyclic amines) is 1. The number of carbonyl (C=O) groups excluding carboxylic acids is 2. The number of carbonyl (C=O) groups is 2. The molecule has 0 unspecified atom stereocenters. The molecule has 0 aliphatic carbocycles. The fourth-order valence-corrected chi connectivity index (χ4v) is 4.53. The Morgan fingerprint density at radius 3 is 2.61 bits per heavy atom. The quantitative estimate of drug-likeness (QED) is 0.318. The van der Waals surface area contributed by atoms with Gasteiger partial charge in [-0.1, -0.05) is 35.3 Å². The van der Waals surface area contributed by atoms with Crippen LogP contribution < -0.4 is 0 Å². The van der Waals surface area contributed by atoms with Gasteiger partial charge in [-0.2, -0.15) is 0 Å². The Kier molecular flexibility index (Phi) is 6.47. The van der Waals surface area contributed by atoms with Crippen LogP contribution in [0.3, 0.4) is 0 Å². The normalized spacial score (nSPS) is 18.1. The van der Waals surface area contributed by atoms with E-state index in [9.17, 15) is 14.7 Å². The molecule has 0 bridgehead atoms. The van der Waals surface area contributed by atoms with Crippen molar-refractivity contribution in [2.45, 2.75) is 19.4 Å². The van der Waals surface area contributed by atoms with Crippen LogP contribution in [0.2, 0.25) is 10.0 Å². The number of amides is 1. The first-order chi connectivity index (χ1) is 15.7. The van der Waals surface area contributed by atoms with Crippen LogP contribution in [0.5, 0.6) is 0 Å². The molecule has 0 radical (unpaired) electrons. The second kappa shape index (κ2) is 9.17. The molecule has 0 spiro atoms. The van der Waals surface area contributed by atoms with E-state index in [1.165, 1.54) is 4.90 Å². The van der Waals surface area contributed by atoms with E-state index in [2.05, 4.69) is 4.98 Å². The predicted molar refractivity (Wildman–Crippen MR) is 129 cm³/mol. The summed E-state index contributed by atoms with van der Waals surface area (Å²) in [4.78, 5) is 34.3. The summed E-state index contributed by atoms with van der Waals surface area (Å²) in [5.74, 6) is -1.66. The zero-order valence-corrected chi connectivity index (χ0v) is 20.1. The Balaban J connectivity index is 1.90. The van der Waals surface area contributed by atoms with Crippen molar-refractivity contribution in [1.82, 2.24) is 19.2 Å². The Morgan fingerprint density at radius 1 is 1.15 bits per heavy atom. The number of aliphatic hydroxyl groups is 1. The van der Waals surface area contributed by atoms with Crippen LogP contribution in [0.4, 0.5) is 0 Å². The molecule has 3 aromatic rings. The first kappa shape index (κ1) is 23.3. The van der Waals surface area contributed by atoms with Crippen molar-refractivity contribution in [3.63, 3.8) is 0 Å². The standard InChI is InChI=1S/C24H24Cl2N4O3/c1-14-20(29-11-5-4-7-18(29)27-14)22(31)19-21(15-8-9-16(25)17(26)13-15)30(24(33)23(19)32)12-6-10-28(2)3/h4-5,7-9,11,13,21,31H,6,10,12H2,1-3H3/b22-19+/t21-/m0/s1. The highest BCUT2D eigenvalue weighted by molar-refractivity contribution is 6.46. The van der Waals surface area contributed by atoms with Gasteiger partial charge in [-0.15, -0.1) is 0 Å². The van der Waals surface area contributed by atoms with E-state index >= 15 is 0 Å². The van der Waals surface area contributed by atoms with Gasteiger partial charge in [0.25, 0.3) is 11.7 Å². The number of fused-ring (bicyclic) bond motifs is 1. The minimum atomic E-state index is -0.796. The lowest BCUT2D eigenvalue weighted by Gasteiger charge is -2.26. The maximum Gasteiger partial charge on any atom is 0.295 e. The summed E-state index contributed by atoms with van der Waals surface area (Å²) in [6.45, 7) is 2.84. The Morgan fingerprint density at radius 2 is 1.91 bits per heavy atom. The van der Waals surface area contributed by atoms with Crippen LogP contribution in [0.25, 0.3) is 11.4 Å². The van der Waals surface area contributed by atoms with Crippen LogP contribution in [0, 0.1) is 6.92 Å². The largest absolute Gasteiger partial charge is 0.505 e. The van der Waals surface area contributed by atoms with Gasteiger partial charge in [0.1, 0.15) is 11.3 Å². The Labute approximate surface area is 201 Å². The van der Waals surface area contributed by atoms with E-state index in [0.717, 1.165) is 6.54 Å². The molecule has 172 valence electrons. The highest BCUT2D eigenvalue weighted by atomic mass is 35.5. The molecule has 0 saturated carbocycles. The van der Waals surface area contributed by atoms with E-state index in [0.29, 0.717) is 45.6 Å². The SMILES string of the molecule is Cc1nc2ccccn2c1/C(O)=C1\C(=O)C(=O)N(CCCN(C)C)[C@H]1c1ccc(Cl)c(Cl)c1. The lowest BCUT2D eigenvalue weighted by atomic mass is 9.96. The number of Topliss-reactive ketones (excluding diaryl/α,β-unsaturated/α-hetero) is 1. The van der Waals surface area contributed by atoms with Gasteiger partial charge >= 0.3 is 0 Å². The number of imidazole rings is 1. The third kappa shape index (κ3) is 4.24. The van der Waals surface area contributed by atoms with Gasteiger partial charge in [0, 0.05) is 12.7 Å². The number of hydrogen-bond donors (Lipinski definition) is 1. The summed E-state index contributed by atoms with van der Waals surface area (Å²) in [5.41, 5.74) is 2.16. The van der Waals surface area contributed by atoms with Gasteiger partial charge in [-0.3, -0.25) is 14.0 Å². The van der Waals surface area contributed by atoms with E-state index in [4.69, 9.17) is 23.2 Å². The van der Waals surface area contributed by atoms with Crippen molar-refractivity contribution in [2.24, 2.45) is 0 Å². The van der Waals surface area contributed by atoms with Gasteiger partial charge < -0.3 is 14.9 Å². The van der Waals surface area contributed by atoms with E-state index < -0.39 is 17.7 Å². The second-order valence-electron chi connectivity index (χ2n) is 8.30. The molecule has 2 aromatic heterocycles. The number of halogens is 2. The van der Waals surface area contributed by atoms with Crippen molar-refractivity contribution >= 4 is 46.3 Å². The van der Waals surface area contributed by atoms with Crippen LogP contribution >= 0.6 is 23.2 Å². The number of ketones is 1. The summed E-state index contributed by atoms with van der Waals surface area (Å²) in [7, 11) is 3.89. The van der Waals surface area contributed by atoms with Crippen LogP contribution in [0.1, 0.15) is 29.4 Å². The van der Waals surface area contributed by atoms with Gasteiger partial charge in [0.2, 0.25) is 0 Å². The number of hydrogen-bond acceptors (Lipinski definition) is 5. The molecule has 3 heterocycles. The Hall–Kier alpha value is -2.87. The molecule has 1 fully saturated rings. The minimum absolute atomic E-state index is 0.0111. The van der Waals surface area contributed by atoms with Crippen molar-refractivity contribution in [1.29, 1.82) is 0 Å². The molecule has 1 amide bonds. The lowest BCUT2D eigenvalue weighted by molar-refractivity contribution is -0.139. The molecule has 7 nitrogen and oxygen atoms in total. The summed E-state index contributed by atoms with van der Waals surface area (Å²) < 4.78 is 1.70. The van der Waals surface area contributed by atoms with Crippen LogP contribution in [-0.2, 0) is 9.59 Å². The molecule has 4 rings (SSSR count). The molecule has 1 atom stereocenters. The summed E-state index contributed by atoms with van der Waals surface area (Å²) in [5, 5.41) is 12.1. The summed E-state index contributed by atoms with van der Waals surface area (Å²) in [6.07, 6.45) is 2.41. The molecule has 9 heteroatoms. The maximum absolute atomic E-state index is 13.2. The number of aromatic nitrogens is 2. The van der Waals surface area contributed by atoms with Gasteiger partial charge in [0.05, 0.1) is 27.4 Å². The predicted octanol–water partition coefficient (Wildman–Crippen LogP) is 4.32. The van der Waals surface area contributed by atoms with Crippen molar-refractivity contribution in [3.05, 3.63) is 75.2 Å². The molecule has 33 heavy (non-hydrogen) atoms. The average Bonchev–Trinajstić information content (AvgIpc) is 3.23. The van der Waals surface area contributed by atoms with Crippen molar-refractivity contribution in [3.8, 4) is 0 Å². The van der Waals surface area contributed by atoms with Crippen LogP contribution in [-0.4, -0.2) is 63.2 Å². The summed E-state index contributed by atoms with van der Waals surface area (Å²) >= 11 is 12.4. The zero-order chi connectivity index (χ0) is 23.9. The molecule has 1 aromatic carbocycles. The van der Waals surface area contributed by atoms with Gasteiger partial charge in [-0.05, 0) is 63.8 Å². The van der Waals surface area contributed by atoms with Gasteiger partial charge in [0.15, 0.2) is 5.76 Å². The fourth-order valence-electron chi connectivity index (χ4n) is 4.22. The smallest absolute Gasteiger partial charge is 0.295 e. The number of nitrogens with zero attached hydrogens (tertiary/aromatic N) is 4. The monoisotopic (exact) mass is 486 g/mol. The highest BCUT2D eigenvalue weighted by Gasteiger charge is 2.46. The zero-order valence-electron chi connectivity index (χ0n) is 18.5. The number of aliphatic hydroxyl groups excluding tert-OH is 1. The third-order valence-corrected chi connectivity index (χ3v) is 6.47. The first-order valence-electron chi connectivity index (χ1n) is 10.5. The number of rotatable bonds is 6. The molecule has 1 N–H and O–H groups in total. The topological polar surface area (TPSA) is 78.1 Å². The fraction of sp³-hybridized carbons (Fsp3) is 0.292. The first-order valence-corrected chi connectivity index (χ1v) is 11.3. The van der Waals surface area contributed by atoms with Crippen molar-refractivity contribution in [2.75, 3.05) is 27.2 Å². The van der Waals surface area contributed by atoms with E-state index in [-0.39, 0.29) is 11.3 Å². The van der Waals surface area contributed by atoms with Crippen LogP contribution in [0.15, 0.2) is 48.2 Å². The second-order valence-corrected chi connectivity index (χ2v) is 9.11. The van der Waals surface area contributed by atoms with Crippen molar-refractivity contribution < 1.29 is 14.7 Å². The number of aryl methyl sites for hydroxylation is 1. The molecular formula is C24H24Cl2N4O3. The average molecular weight is 487 g/mol. The number of pyridine rings is 1. The van der Waals surface area contributed by atoms with Gasteiger partial charge in [-0.25, -0.2) is 4.98 Å². The van der Waals surface area contributed by atoms with E-state index in [1.54, 1.807) is 47.9 Å². The molecule has 1 saturated heterocycles. The maximum atomic E-state index is 13.2. The Bertz CT molecular complexity index is 1280. The lowest BCUT2D eigenvalue weighted by Crippen LogP contribution is -2.32. The molecular weight excluding hydrogens is 463 g/mol. The third-order valence-electron chi connectivity index (χ3n) is 5.73. The summed E-state index contributed by atoms with van der Waals surface area (Å²) in [6, 6.07) is 9.63. The highest BCUT2D eigenvalue weighted by Crippen LogP contribution is 2.41. The minimum Gasteiger partial charge on any atom is -0.505 e.